The predicted molar refractivity (Wildman–Crippen MR) is 167 cm³/mol. The van der Waals surface area contributed by atoms with Crippen molar-refractivity contribution in [3.05, 3.63) is 11.9 Å². The largest absolute Gasteiger partial charge is 0.350 e. The number of halogens is 2. The number of alkyl halides is 1. The van der Waals surface area contributed by atoms with Crippen LogP contribution in [0.5, 0.6) is 0 Å². The molecule has 0 aromatic carbocycles. The minimum atomic E-state index is -3.42. The van der Waals surface area contributed by atoms with Crippen molar-refractivity contribution in [1.82, 2.24) is 30.1 Å². The number of piperazine rings is 1. The van der Waals surface area contributed by atoms with Gasteiger partial charge >= 0.3 is 0 Å². The van der Waals surface area contributed by atoms with Crippen molar-refractivity contribution in [2.24, 2.45) is 22.8 Å². The van der Waals surface area contributed by atoms with Crippen LogP contribution in [0.3, 0.4) is 0 Å². The highest BCUT2D eigenvalue weighted by molar-refractivity contribution is 7.89. The number of sulfonamides is 1. The van der Waals surface area contributed by atoms with E-state index in [4.69, 9.17) is 11.5 Å². The molecule has 7 N–H and O–H groups in total. The van der Waals surface area contributed by atoms with E-state index in [1.807, 2.05) is 11.9 Å². The second kappa shape index (κ2) is 14.7. The Morgan fingerprint density at radius 1 is 1.07 bits per heavy atom. The maximum atomic E-state index is 15.6. The molecule has 0 aromatic rings. The van der Waals surface area contributed by atoms with E-state index in [1.165, 1.54) is 0 Å². The number of piperidine rings is 2. The van der Waals surface area contributed by atoms with Crippen molar-refractivity contribution in [1.29, 1.82) is 0 Å². The highest BCUT2D eigenvalue weighted by Crippen LogP contribution is 2.45. The summed E-state index contributed by atoms with van der Waals surface area (Å²) in [5.74, 6) is -1.42. The van der Waals surface area contributed by atoms with E-state index in [2.05, 4.69) is 20.9 Å². The third-order valence-corrected chi connectivity index (χ3v) is 13.4. The normalized spacial score (nSPS) is 34.2. The summed E-state index contributed by atoms with van der Waals surface area (Å²) in [4.78, 5) is 18.1. The Morgan fingerprint density at radius 3 is 2.41 bits per heavy atom. The SMILES string of the molecule is CN1CCC(S(=O)(=O)N2CCN(C3C(F)CNCC3NC(=O)C(C(N)N)C3CC4(C/C=C(/F)CN3)CCCCC4)CC2)CC1. The van der Waals surface area contributed by atoms with Crippen molar-refractivity contribution in [2.45, 2.75) is 93.5 Å². The number of hydrogen-bond acceptors (Lipinski definition) is 9. The molecule has 5 unspecified atom stereocenters. The first-order valence-corrected chi connectivity index (χ1v) is 18.2. The quantitative estimate of drug-likeness (QED) is 0.246. The number of allylic oxidation sites excluding steroid dienone is 1. The van der Waals surface area contributed by atoms with Crippen LogP contribution in [0.15, 0.2) is 11.9 Å². The van der Waals surface area contributed by atoms with Crippen molar-refractivity contribution >= 4 is 15.9 Å². The summed E-state index contributed by atoms with van der Waals surface area (Å²) < 4.78 is 58.5. The Morgan fingerprint density at radius 2 is 1.75 bits per heavy atom. The third-order valence-electron chi connectivity index (χ3n) is 11.0. The van der Waals surface area contributed by atoms with Crippen LogP contribution in [0, 0.1) is 11.3 Å². The van der Waals surface area contributed by atoms with Crippen LogP contribution < -0.4 is 27.4 Å². The zero-order valence-electron chi connectivity index (χ0n) is 26.2. The van der Waals surface area contributed by atoms with Crippen LogP contribution in [0.1, 0.15) is 57.8 Å². The van der Waals surface area contributed by atoms with E-state index in [-0.39, 0.29) is 35.5 Å². The molecule has 4 aliphatic heterocycles. The molecule has 1 aliphatic carbocycles. The van der Waals surface area contributed by atoms with E-state index >= 15 is 4.39 Å². The summed E-state index contributed by atoms with van der Waals surface area (Å²) in [7, 11) is -1.42. The van der Waals surface area contributed by atoms with Gasteiger partial charge in [-0.1, -0.05) is 25.3 Å². The number of hydrogen-bond donors (Lipinski definition) is 5. The molecular formula is C30H54F2N8O3S. The molecule has 4 fully saturated rings. The fourth-order valence-corrected chi connectivity index (χ4v) is 10.3. The third kappa shape index (κ3) is 7.81. The highest BCUT2D eigenvalue weighted by Gasteiger charge is 2.45. The summed E-state index contributed by atoms with van der Waals surface area (Å²) in [6.07, 6.45) is 7.27. The lowest BCUT2D eigenvalue weighted by Crippen LogP contribution is -2.69. The van der Waals surface area contributed by atoms with Crippen LogP contribution in [0.2, 0.25) is 0 Å². The molecule has 0 aromatic heterocycles. The summed E-state index contributed by atoms with van der Waals surface area (Å²) in [6, 6.07) is -1.59. The lowest BCUT2D eigenvalue weighted by atomic mass is 9.66. The van der Waals surface area contributed by atoms with E-state index in [0.29, 0.717) is 58.4 Å². The minimum absolute atomic E-state index is 0.0160. The molecule has 0 bridgehead atoms. The van der Waals surface area contributed by atoms with Gasteiger partial charge in [0.25, 0.3) is 0 Å². The van der Waals surface area contributed by atoms with Crippen LogP contribution in [0.4, 0.5) is 8.78 Å². The van der Waals surface area contributed by atoms with Gasteiger partial charge in [-0.05, 0) is 64.1 Å². The fourth-order valence-electron chi connectivity index (χ4n) is 8.36. The van der Waals surface area contributed by atoms with Gasteiger partial charge in [-0.15, -0.1) is 0 Å². The molecule has 1 saturated carbocycles. The Labute approximate surface area is 261 Å². The number of nitrogens with zero attached hydrogens (tertiary/aromatic N) is 3. The molecule has 1 spiro atoms. The maximum absolute atomic E-state index is 15.6. The van der Waals surface area contributed by atoms with Crippen LogP contribution in [-0.4, -0.2) is 130 Å². The topological polar surface area (TPSA) is 149 Å². The number of carbonyl (C=O) groups is 1. The molecule has 14 heteroatoms. The average Bonchev–Trinajstić information content (AvgIpc) is 2.99. The summed E-state index contributed by atoms with van der Waals surface area (Å²) in [5, 5.41) is 9.05. The van der Waals surface area contributed by atoms with Crippen LogP contribution in [-0.2, 0) is 14.8 Å². The number of rotatable bonds is 7. The lowest BCUT2D eigenvalue weighted by molar-refractivity contribution is -0.129. The predicted octanol–water partition coefficient (Wildman–Crippen LogP) is 0.238. The van der Waals surface area contributed by atoms with E-state index < -0.39 is 46.4 Å². The van der Waals surface area contributed by atoms with E-state index in [1.54, 1.807) is 10.4 Å². The minimum Gasteiger partial charge on any atom is -0.350 e. The summed E-state index contributed by atoms with van der Waals surface area (Å²) in [5.41, 5.74) is 12.4. The smallest absolute Gasteiger partial charge is 0.227 e. The molecule has 1 amide bonds. The van der Waals surface area contributed by atoms with Gasteiger partial charge in [-0.25, -0.2) is 17.2 Å². The molecular weight excluding hydrogens is 590 g/mol. The standard InChI is InChI=1S/C30H54F2N8O3S/c1-38-11-6-22(7-12-38)44(42,43)40-15-13-39(14-16-40)27-23(32)19-35-20-25(27)37-29(41)26(28(33)34)24-17-30(8-3-2-4-9-30)10-5-21(31)18-36-24/h5,22-28,35-36H,2-4,6-20,33-34H2,1H3,(H,37,41)/b21-5+. The Kier molecular flexibility index (Phi) is 11.4. The first-order chi connectivity index (χ1) is 21.0. The number of nitrogens with two attached hydrogens (primary N) is 2. The van der Waals surface area contributed by atoms with E-state index in [0.717, 1.165) is 45.2 Å². The average molecular weight is 645 g/mol. The van der Waals surface area contributed by atoms with Gasteiger partial charge in [-0.3, -0.25) is 9.69 Å². The van der Waals surface area contributed by atoms with Gasteiger partial charge in [0.05, 0.1) is 29.4 Å². The molecule has 44 heavy (non-hydrogen) atoms. The Balaban J connectivity index is 1.25. The van der Waals surface area contributed by atoms with Gasteiger partial charge in [0.15, 0.2) is 0 Å². The monoisotopic (exact) mass is 644 g/mol. The van der Waals surface area contributed by atoms with Gasteiger partial charge in [0, 0.05) is 51.9 Å². The maximum Gasteiger partial charge on any atom is 0.227 e. The number of carbonyl (C=O) groups excluding carboxylic acids is 1. The van der Waals surface area contributed by atoms with Crippen molar-refractivity contribution in [3.8, 4) is 0 Å². The van der Waals surface area contributed by atoms with Gasteiger partial charge in [-0.2, -0.15) is 4.31 Å². The molecule has 3 saturated heterocycles. The van der Waals surface area contributed by atoms with Crippen LogP contribution in [0.25, 0.3) is 0 Å². The molecule has 11 nitrogen and oxygen atoms in total. The lowest BCUT2D eigenvalue weighted by Gasteiger charge is -2.47. The number of likely N-dealkylation sites (tertiary alicyclic amines) is 1. The Bertz CT molecular complexity index is 1110. The molecule has 252 valence electrons. The first kappa shape index (κ1) is 34.1. The van der Waals surface area contributed by atoms with E-state index in [9.17, 15) is 17.6 Å². The van der Waals surface area contributed by atoms with Gasteiger partial charge in [0.1, 0.15) is 12.0 Å². The molecule has 5 atom stereocenters. The molecule has 4 heterocycles. The molecule has 5 aliphatic rings. The zero-order valence-corrected chi connectivity index (χ0v) is 27.0. The highest BCUT2D eigenvalue weighted by atomic mass is 32.2. The van der Waals surface area contributed by atoms with Crippen molar-refractivity contribution in [2.75, 3.05) is 66.0 Å². The second-order valence-corrected chi connectivity index (χ2v) is 16.2. The Hall–Kier alpha value is -1.26. The zero-order chi connectivity index (χ0) is 31.5. The second-order valence-electron chi connectivity index (χ2n) is 14.0. The number of nitrogens with one attached hydrogen (secondary N) is 3. The molecule has 0 radical (unpaired) electrons. The first-order valence-electron chi connectivity index (χ1n) is 16.6. The van der Waals surface area contributed by atoms with Crippen molar-refractivity contribution in [3.63, 3.8) is 0 Å². The summed E-state index contributed by atoms with van der Waals surface area (Å²) in [6.45, 7) is 3.46. The van der Waals surface area contributed by atoms with Crippen molar-refractivity contribution < 1.29 is 22.0 Å². The fraction of sp³-hybridized carbons (Fsp3) is 0.900. The molecule has 5 rings (SSSR count). The summed E-state index contributed by atoms with van der Waals surface area (Å²) >= 11 is 0. The van der Waals surface area contributed by atoms with Crippen LogP contribution >= 0.6 is 0 Å². The number of amides is 1. The van der Waals surface area contributed by atoms with Gasteiger partial charge in [0.2, 0.25) is 15.9 Å². The van der Waals surface area contributed by atoms with Gasteiger partial charge < -0.3 is 32.3 Å².